The van der Waals surface area contributed by atoms with Crippen molar-refractivity contribution in [1.82, 2.24) is 25.2 Å². The summed E-state index contributed by atoms with van der Waals surface area (Å²) in [5.41, 5.74) is 3.95. The van der Waals surface area contributed by atoms with Crippen molar-refractivity contribution in [1.29, 1.82) is 0 Å². The molecule has 0 fully saturated rings. The largest absolute Gasteiger partial charge is 0.440 e. The predicted octanol–water partition coefficient (Wildman–Crippen LogP) is 4.37. The van der Waals surface area contributed by atoms with E-state index in [1.54, 1.807) is 23.0 Å². The minimum Gasteiger partial charge on any atom is -0.440 e. The van der Waals surface area contributed by atoms with Crippen molar-refractivity contribution in [3.05, 3.63) is 71.5 Å². The van der Waals surface area contributed by atoms with Gasteiger partial charge in [0.25, 0.3) is 0 Å². The summed E-state index contributed by atoms with van der Waals surface area (Å²) in [4.78, 5) is 4.29. The molecule has 2 heterocycles. The highest BCUT2D eigenvalue weighted by molar-refractivity contribution is 7.98. The fraction of sp³-hybridized carbons (Fsp3) is 0.158. The van der Waals surface area contributed by atoms with Crippen molar-refractivity contribution >= 4 is 11.8 Å². The Kier molecular flexibility index (Phi) is 4.72. The van der Waals surface area contributed by atoms with Crippen molar-refractivity contribution in [2.75, 3.05) is 0 Å². The Morgan fingerprint density at radius 3 is 2.56 bits per heavy atom. The smallest absolute Gasteiger partial charge is 0.214 e. The maximum atomic E-state index is 13.0. The average Bonchev–Trinajstić information content (AvgIpc) is 3.30. The standard InChI is InChI=1S/C19H16FN5OS/c1-12-4-3-5-13(2)18(12)25-19(22-23-24-25)27-11-17-21-10-16(26-17)14-6-8-15(20)9-7-14/h3-10H,11H2,1-2H3. The lowest BCUT2D eigenvalue weighted by Gasteiger charge is -2.10. The Labute approximate surface area is 159 Å². The van der Waals surface area contributed by atoms with E-state index in [9.17, 15) is 4.39 Å². The van der Waals surface area contributed by atoms with E-state index in [0.717, 1.165) is 22.4 Å². The van der Waals surface area contributed by atoms with Crippen LogP contribution in [0, 0.1) is 19.7 Å². The van der Waals surface area contributed by atoms with Crippen LogP contribution in [0.15, 0.2) is 58.2 Å². The van der Waals surface area contributed by atoms with Gasteiger partial charge in [0.2, 0.25) is 11.0 Å². The van der Waals surface area contributed by atoms with E-state index in [1.807, 2.05) is 32.0 Å². The number of thioether (sulfide) groups is 1. The van der Waals surface area contributed by atoms with Gasteiger partial charge in [-0.15, -0.1) is 5.10 Å². The number of aryl methyl sites for hydroxylation is 2. The number of aromatic nitrogens is 5. The molecule has 2 aromatic carbocycles. The first kappa shape index (κ1) is 17.4. The first-order valence-corrected chi connectivity index (χ1v) is 9.29. The van der Waals surface area contributed by atoms with Crippen LogP contribution >= 0.6 is 11.8 Å². The van der Waals surface area contributed by atoms with Gasteiger partial charge in [0.05, 0.1) is 17.6 Å². The van der Waals surface area contributed by atoms with Crippen LogP contribution < -0.4 is 0 Å². The van der Waals surface area contributed by atoms with E-state index in [2.05, 4.69) is 20.5 Å². The second kappa shape index (κ2) is 7.32. The van der Waals surface area contributed by atoms with E-state index >= 15 is 0 Å². The molecule has 0 bridgehead atoms. The van der Waals surface area contributed by atoms with Crippen molar-refractivity contribution < 1.29 is 8.81 Å². The molecular formula is C19H16FN5OS. The monoisotopic (exact) mass is 381 g/mol. The van der Waals surface area contributed by atoms with Crippen LogP contribution in [-0.4, -0.2) is 25.2 Å². The van der Waals surface area contributed by atoms with Gasteiger partial charge in [-0.2, -0.15) is 4.68 Å². The predicted molar refractivity (Wildman–Crippen MR) is 100 cm³/mol. The lowest BCUT2D eigenvalue weighted by atomic mass is 10.1. The Morgan fingerprint density at radius 2 is 1.81 bits per heavy atom. The number of oxazole rings is 1. The molecule has 2 aromatic heterocycles. The molecule has 0 aliphatic rings. The summed E-state index contributed by atoms with van der Waals surface area (Å²) in [6, 6.07) is 12.2. The Morgan fingerprint density at radius 1 is 1.07 bits per heavy atom. The van der Waals surface area contributed by atoms with E-state index in [-0.39, 0.29) is 5.82 Å². The number of halogens is 1. The average molecular weight is 381 g/mol. The minimum atomic E-state index is -0.285. The van der Waals surface area contributed by atoms with Crippen LogP contribution in [0.3, 0.4) is 0 Å². The van der Waals surface area contributed by atoms with Gasteiger partial charge in [-0.25, -0.2) is 9.37 Å². The summed E-state index contributed by atoms with van der Waals surface area (Å²) in [5, 5.41) is 12.7. The normalized spacial score (nSPS) is 11.1. The van der Waals surface area contributed by atoms with Gasteiger partial charge in [-0.3, -0.25) is 0 Å². The molecule has 0 N–H and O–H groups in total. The summed E-state index contributed by atoms with van der Waals surface area (Å²) < 4.78 is 20.6. The molecule has 0 atom stereocenters. The third kappa shape index (κ3) is 3.61. The zero-order valence-corrected chi connectivity index (χ0v) is 15.6. The van der Waals surface area contributed by atoms with Crippen molar-refractivity contribution in [3.63, 3.8) is 0 Å². The highest BCUT2D eigenvalue weighted by Crippen LogP contribution is 2.27. The van der Waals surface area contributed by atoms with Crippen LogP contribution in [0.25, 0.3) is 17.0 Å². The summed E-state index contributed by atoms with van der Waals surface area (Å²) in [5.74, 6) is 1.34. The zero-order valence-electron chi connectivity index (χ0n) is 14.8. The fourth-order valence-corrected chi connectivity index (χ4v) is 3.53. The van der Waals surface area contributed by atoms with Crippen LogP contribution in [0.1, 0.15) is 17.0 Å². The van der Waals surface area contributed by atoms with E-state index < -0.39 is 0 Å². The topological polar surface area (TPSA) is 69.6 Å². The van der Waals surface area contributed by atoms with Crippen LogP contribution in [-0.2, 0) is 5.75 Å². The Balaban J connectivity index is 1.52. The quantitative estimate of drug-likeness (QED) is 0.478. The Bertz CT molecular complexity index is 1050. The van der Waals surface area contributed by atoms with Crippen molar-refractivity contribution in [3.8, 4) is 17.0 Å². The molecule has 136 valence electrons. The number of rotatable bonds is 5. The molecule has 0 unspecified atom stereocenters. The number of hydrogen-bond donors (Lipinski definition) is 0. The lowest BCUT2D eigenvalue weighted by molar-refractivity contribution is 0.529. The van der Waals surface area contributed by atoms with Gasteiger partial charge >= 0.3 is 0 Å². The number of benzene rings is 2. The van der Waals surface area contributed by atoms with E-state index in [0.29, 0.717) is 22.6 Å². The third-order valence-corrected chi connectivity index (χ3v) is 5.00. The summed E-state index contributed by atoms with van der Waals surface area (Å²) in [6.45, 7) is 4.06. The van der Waals surface area contributed by atoms with Gasteiger partial charge < -0.3 is 4.42 Å². The molecule has 0 aliphatic carbocycles. The number of hydrogen-bond acceptors (Lipinski definition) is 6. The van der Waals surface area contributed by atoms with Gasteiger partial charge in [-0.05, 0) is 59.7 Å². The second-order valence-electron chi connectivity index (χ2n) is 6.03. The highest BCUT2D eigenvalue weighted by atomic mass is 32.2. The second-order valence-corrected chi connectivity index (χ2v) is 6.97. The van der Waals surface area contributed by atoms with Crippen LogP contribution in [0.2, 0.25) is 0 Å². The molecule has 6 nitrogen and oxygen atoms in total. The van der Waals surface area contributed by atoms with Gasteiger partial charge in [0, 0.05) is 5.56 Å². The van der Waals surface area contributed by atoms with Gasteiger partial charge in [0.1, 0.15) is 5.82 Å². The molecule has 0 saturated carbocycles. The first-order valence-electron chi connectivity index (χ1n) is 8.30. The lowest BCUT2D eigenvalue weighted by Crippen LogP contribution is -2.04. The van der Waals surface area contributed by atoms with Crippen molar-refractivity contribution in [2.45, 2.75) is 24.8 Å². The molecule has 4 rings (SSSR count). The van der Waals surface area contributed by atoms with Gasteiger partial charge in [-0.1, -0.05) is 30.0 Å². The molecule has 0 amide bonds. The number of tetrazole rings is 1. The minimum absolute atomic E-state index is 0.285. The molecule has 0 saturated heterocycles. The maximum absolute atomic E-state index is 13.0. The molecular weight excluding hydrogens is 365 g/mol. The highest BCUT2D eigenvalue weighted by Gasteiger charge is 2.15. The summed E-state index contributed by atoms with van der Waals surface area (Å²) in [7, 11) is 0. The zero-order chi connectivity index (χ0) is 18.8. The maximum Gasteiger partial charge on any atom is 0.214 e. The first-order chi connectivity index (χ1) is 13.1. The molecule has 0 radical (unpaired) electrons. The summed E-state index contributed by atoms with van der Waals surface area (Å²) >= 11 is 1.44. The van der Waals surface area contributed by atoms with E-state index in [1.165, 1.54) is 23.9 Å². The summed E-state index contributed by atoms with van der Waals surface area (Å²) in [6.07, 6.45) is 1.64. The van der Waals surface area contributed by atoms with Crippen molar-refractivity contribution in [2.24, 2.45) is 0 Å². The molecule has 0 aliphatic heterocycles. The number of para-hydroxylation sites is 1. The van der Waals surface area contributed by atoms with Crippen LogP contribution in [0.4, 0.5) is 4.39 Å². The van der Waals surface area contributed by atoms with Crippen LogP contribution in [0.5, 0.6) is 0 Å². The molecule has 4 aromatic rings. The van der Waals surface area contributed by atoms with E-state index in [4.69, 9.17) is 4.42 Å². The molecule has 0 spiro atoms. The Hall–Kier alpha value is -3.00. The molecule has 27 heavy (non-hydrogen) atoms. The SMILES string of the molecule is Cc1cccc(C)c1-n1nnnc1SCc1ncc(-c2ccc(F)cc2)o1. The fourth-order valence-electron chi connectivity index (χ4n) is 2.80. The van der Waals surface area contributed by atoms with Gasteiger partial charge in [0.15, 0.2) is 5.76 Å². The third-order valence-electron chi connectivity index (χ3n) is 4.10. The molecule has 8 heteroatoms. The number of nitrogens with zero attached hydrogens (tertiary/aromatic N) is 5.